The molecule has 0 aromatic carbocycles. The van der Waals surface area contributed by atoms with E-state index < -0.39 is 12.1 Å². The van der Waals surface area contributed by atoms with E-state index in [1.807, 2.05) is 57.4 Å². The van der Waals surface area contributed by atoms with Crippen molar-refractivity contribution in [3.63, 3.8) is 0 Å². The van der Waals surface area contributed by atoms with Crippen molar-refractivity contribution < 1.29 is 32.1 Å². The van der Waals surface area contributed by atoms with Gasteiger partial charge in [0.2, 0.25) is 0 Å². The Labute approximate surface area is 171 Å². The summed E-state index contributed by atoms with van der Waals surface area (Å²) < 4.78 is 0. The first-order valence-corrected chi connectivity index (χ1v) is 9.09. The smallest absolute Gasteiger partial charge is 0.852 e. The molecule has 0 heterocycles. The molecular weight excluding hydrogens is 368 g/mol. The molecule has 1 atom stereocenters. The third-order valence-corrected chi connectivity index (χ3v) is 3.91. The summed E-state index contributed by atoms with van der Waals surface area (Å²) in [5.74, 6) is 0.654. The van der Waals surface area contributed by atoms with Crippen LogP contribution in [0.15, 0.2) is 12.2 Å². The third-order valence-electron chi connectivity index (χ3n) is 3.91. The van der Waals surface area contributed by atoms with Gasteiger partial charge in [-0.1, -0.05) is 38.3 Å². The number of hydrogen-bond acceptors (Lipinski definition) is 3. The number of aliphatic carboxylic acids is 1. The first-order chi connectivity index (χ1) is 12.1. The van der Waals surface area contributed by atoms with E-state index in [4.69, 9.17) is 0 Å². The quantitative estimate of drug-likeness (QED) is 0.421. The zero-order valence-corrected chi connectivity index (χ0v) is 16.5. The minimum Gasteiger partial charge on any atom is -0.852 e. The molecule has 0 aromatic heterocycles. The zero-order chi connectivity index (χ0) is 18.3. The molecular formula is C22H28FeO3. The van der Waals surface area contributed by atoms with Gasteiger partial charge < -0.3 is 15.0 Å². The van der Waals surface area contributed by atoms with E-state index in [2.05, 4.69) is 13.0 Å². The Morgan fingerprint density at radius 3 is 2.27 bits per heavy atom. The number of carboxylic acids is 1. The first-order valence-electron chi connectivity index (χ1n) is 9.09. The SMILES string of the molecule is CCCCC/C=C\[C]1[CH][CH][CH][C]1[C@@H]([O-])CCCC(=O)[O-].[CH]1[CH][CH][CH][CH]1.[Fe+2]. The van der Waals surface area contributed by atoms with Crippen LogP contribution in [0.1, 0.15) is 51.9 Å². The number of rotatable bonds is 10. The van der Waals surface area contributed by atoms with Crippen LogP contribution in [0, 0.1) is 63.2 Å². The Bertz CT molecular complexity index is 359. The Morgan fingerprint density at radius 2 is 1.69 bits per heavy atom. The minimum absolute atomic E-state index is 0. The van der Waals surface area contributed by atoms with Crippen molar-refractivity contribution in [1.82, 2.24) is 0 Å². The molecule has 10 radical (unpaired) electrons. The summed E-state index contributed by atoms with van der Waals surface area (Å²) >= 11 is 0. The summed E-state index contributed by atoms with van der Waals surface area (Å²) in [6.45, 7) is 2.17. The van der Waals surface area contributed by atoms with Gasteiger partial charge in [-0.25, -0.2) is 0 Å². The molecule has 2 rings (SSSR count). The van der Waals surface area contributed by atoms with E-state index in [1.54, 1.807) is 0 Å². The van der Waals surface area contributed by atoms with Crippen LogP contribution in [0.2, 0.25) is 0 Å². The zero-order valence-electron chi connectivity index (χ0n) is 15.4. The molecule has 0 amide bonds. The molecule has 0 bridgehead atoms. The Kier molecular flexibility index (Phi) is 16.6. The maximum Gasteiger partial charge on any atom is 2.00 e. The van der Waals surface area contributed by atoms with Crippen molar-refractivity contribution in [3.8, 4) is 0 Å². The van der Waals surface area contributed by atoms with Crippen LogP contribution >= 0.6 is 0 Å². The Hall–Kier alpha value is -0.311. The summed E-state index contributed by atoms with van der Waals surface area (Å²) in [4.78, 5) is 10.3. The van der Waals surface area contributed by atoms with Gasteiger partial charge in [-0.3, -0.25) is 0 Å². The average molecular weight is 396 g/mol. The standard InChI is InChI=1S/C17H24O3.C5H5.Fe/c1-2-3-4-5-6-9-14-10-7-11-15(14)16(18)12-8-13-17(19)20;1-2-4-5-3-1;/h6-7,9-11,16H,2-5,8,12-13H2,1H3,(H,19,20);1-5H;/q-1;;+2/p-1/b9-6-;;/t16-;;/m0../s1. The van der Waals surface area contributed by atoms with Gasteiger partial charge >= 0.3 is 17.1 Å². The van der Waals surface area contributed by atoms with Gasteiger partial charge in [0.05, 0.1) is 0 Å². The van der Waals surface area contributed by atoms with Crippen molar-refractivity contribution in [2.24, 2.45) is 0 Å². The maximum absolute atomic E-state index is 12.1. The number of hydrogen-bond donors (Lipinski definition) is 0. The monoisotopic (exact) mass is 396 g/mol. The minimum atomic E-state index is -1.09. The molecule has 142 valence electrons. The fraction of sp³-hybridized carbons (Fsp3) is 0.409. The number of carbonyl (C=O) groups excluding carboxylic acids is 1. The van der Waals surface area contributed by atoms with Crippen molar-refractivity contribution in [1.29, 1.82) is 0 Å². The predicted molar refractivity (Wildman–Crippen MR) is 96.8 cm³/mol. The van der Waals surface area contributed by atoms with Crippen LogP contribution < -0.4 is 10.2 Å². The average Bonchev–Trinajstić information content (AvgIpc) is 3.29. The second-order valence-corrected chi connectivity index (χ2v) is 6.05. The second-order valence-electron chi connectivity index (χ2n) is 6.05. The molecule has 3 nitrogen and oxygen atoms in total. The van der Waals surface area contributed by atoms with Gasteiger partial charge in [0.15, 0.2) is 0 Å². The van der Waals surface area contributed by atoms with Crippen molar-refractivity contribution in [2.75, 3.05) is 0 Å². The molecule has 0 N–H and O–H groups in total. The number of allylic oxidation sites excluding steroid dienone is 2. The number of unbranched alkanes of at least 4 members (excludes halogenated alkanes) is 3. The molecule has 4 heteroatoms. The van der Waals surface area contributed by atoms with E-state index in [-0.39, 0.29) is 23.5 Å². The fourth-order valence-electron chi connectivity index (χ4n) is 2.52. The van der Waals surface area contributed by atoms with Gasteiger partial charge in [0.1, 0.15) is 0 Å². The maximum atomic E-state index is 12.1. The second kappa shape index (κ2) is 16.8. The molecule has 0 aliphatic heterocycles. The van der Waals surface area contributed by atoms with Gasteiger partial charge in [-0.2, -0.15) is 0 Å². The summed E-state index contributed by atoms with van der Waals surface area (Å²) in [6, 6.07) is 0. The summed E-state index contributed by atoms with van der Waals surface area (Å²) in [7, 11) is 0. The molecule has 2 aliphatic carbocycles. The van der Waals surface area contributed by atoms with Crippen LogP contribution in [-0.4, -0.2) is 12.1 Å². The van der Waals surface area contributed by atoms with Gasteiger partial charge in [-0.05, 0) is 83.0 Å². The van der Waals surface area contributed by atoms with Crippen molar-refractivity contribution in [2.45, 2.75) is 58.0 Å². The summed E-state index contributed by atoms with van der Waals surface area (Å²) in [5, 5.41) is 22.4. The van der Waals surface area contributed by atoms with Gasteiger partial charge in [-0.15, -0.1) is 6.10 Å². The number of carboxylic acid groups (broad SMARTS) is 1. The molecule has 0 unspecified atom stereocenters. The predicted octanol–water partition coefficient (Wildman–Crippen LogP) is 2.57. The summed E-state index contributed by atoms with van der Waals surface area (Å²) in [6.07, 6.45) is 24.3. The van der Waals surface area contributed by atoms with Crippen LogP contribution in [0.3, 0.4) is 0 Å². The fourth-order valence-corrected chi connectivity index (χ4v) is 2.52. The Morgan fingerprint density at radius 1 is 1.04 bits per heavy atom. The van der Waals surface area contributed by atoms with Crippen LogP contribution in [0.25, 0.3) is 0 Å². The number of carbonyl (C=O) groups is 1. The van der Waals surface area contributed by atoms with Gasteiger partial charge in [0, 0.05) is 11.9 Å². The topological polar surface area (TPSA) is 63.2 Å². The van der Waals surface area contributed by atoms with Crippen LogP contribution in [0.5, 0.6) is 0 Å². The van der Waals surface area contributed by atoms with Crippen LogP contribution in [-0.2, 0) is 21.9 Å². The molecule has 0 saturated heterocycles. The largest absolute Gasteiger partial charge is 2.00 e. The van der Waals surface area contributed by atoms with E-state index in [9.17, 15) is 15.0 Å². The van der Waals surface area contributed by atoms with Crippen LogP contribution in [0.4, 0.5) is 0 Å². The molecule has 0 spiro atoms. The van der Waals surface area contributed by atoms with E-state index in [0.29, 0.717) is 12.8 Å². The molecule has 0 aromatic rings. The van der Waals surface area contributed by atoms with Gasteiger partial charge in [0.25, 0.3) is 0 Å². The third kappa shape index (κ3) is 12.1. The molecule has 2 aliphatic rings. The molecule has 26 heavy (non-hydrogen) atoms. The first kappa shape index (κ1) is 25.7. The van der Waals surface area contributed by atoms with E-state index >= 15 is 0 Å². The molecule has 2 saturated carbocycles. The van der Waals surface area contributed by atoms with Crippen molar-refractivity contribution in [3.05, 3.63) is 75.4 Å². The summed E-state index contributed by atoms with van der Waals surface area (Å²) in [5.41, 5.74) is 0. The van der Waals surface area contributed by atoms with Crippen molar-refractivity contribution >= 4 is 5.97 Å². The normalized spacial score (nSPS) is 19.2. The van der Waals surface area contributed by atoms with E-state index in [0.717, 1.165) is 18.3 Å². The van der Waals surface area contributed by atoms with E-state index in [1.165, 1.54) is 19.3 Å². The Balaban J connectivity index is 0.000000893. The molecule has 2 fully saturated rings.